The molecule has 0 unspecified atom stereocenters. The molecule has 0 atom stereocenters. The zero-order valence-corrected chi connectivity index (χ0v) is 14.5. The minimum Gasteiger partial charge on any atom is -0.465 e. The molecule has 1 aromatic heterocycles. The van der Waals surface area contributed by atoms with Crippen molar-refractivity contribution in [2.45, 2.75) is 33.6 Å². The van der Waals surface area contributed by atoms with Gasteiger partial charge in [0, 0.05) is 6.42 Å². The van der Waals surface area contributed by atoms with Gasteiger partial charge >= 0.3 is 5.97 Å². The molecule has 0 spiro atoms. The molecule has 2 rings (SSSR count). The third-order valence-electron chi connectivity index (χ3n) is 3.53. The van der Waals surface area contributed by atoms with Crippen LogP contribution < -0.4 is 5.32 Å². The van der Waals surface area contributed by atoms with Crippen molar-refractivity contribution in [3.05, 3.63) is 45.5 Å². The number of carbonyl (C=O) groups is 2. The first-order chi connectivity index (χ1) is 10.9. The normalized spacial score (nSPS) is 10.4. The molecule has 0 aliphatic rings. The molecule has 1 amide bonds. The van der Waals surface area contributed by atoms with Crippen LogP contribution in [0, 0.1) is 20.8 Å². The number of ether oxygens (including phenoxy) is 1. The zero-order valence-electron chi connectivity index (χ0n) is 13.7. The topological polar surface area (TPSA) is 68.3 Å². The lowest BCUT2D eigenvalue weighted by Crippen LogP contribution is -2.12. The van der Waals surface area contributed by atoms with Crippen molar-refractivity contribution in [3.63, 3.8) is 0 Å². The van der Waals surface area contributed by atoms with Gasteiger partial charge in [0.15, 0.2) is 5.13 Å². The van der Waals surface area contributed by atoms with Gasteiger partial charge in [-0.3, -0.25) is 4.79 Å². The van der Waals surface area contributed by atoms with Crippen molar-refractivity contribution in [2.75, 3.05) is 12.4 Å². The number of esters is 1. The second kappa shape index (κ2) is 7.37. The Labute approximate surface area is 139 Å². The highest BCUT2D eigenvalue weighted by molar-refractivity contribution is 7.17. The smallest absolute Gasteiger partial charge is 0.350 e. The summed E-state index contributed by atoms with van der Waals surface area (Å²) in [6, 6.07) is 6.22. The largest absolute Gasteiger partial charge is 0.465 e. The van der Waals surface area contributed by atoms with Crippen LogP contribution in [0.5, 0.6) is 0 Å². The van der Waals surface area contributed by atoms with Crippen molar-refractivity contribution >= 4 is 28.3 Å². The fourth-order valence-corrected chi connectivity index (χ4v) is 3.19. The summed E-state index contributed by atoms with van der Waals surface area (Å²) in [5, 5.41) is 3.17. The van der Waals surface area contributed by atoms with Crippen molar-refractivity contribution < 1.29 is 14.3 Å². The third-order valence-corrected chi connectivity index (χ3v) is 4.59. The van der Waals surface area contributed by atoms with Gasteiger partial charge in [-0.25, -0.2) is 9.78 Å². The number of aryl methyl sites for hydroxylation is 4. The fraction of sp³-hybridized carbons (Fsp3) is 0.353. The number of aromatic nitrogens is 1. The highest BCUT2D eigenvalue weighted by Gasteiger charge is 2.16. The van der Waals surface area contributed by atoms with Gasteiger partial charge < -0.3 is 10.1 Å². The number of nitrogens with one attached hydrogen (secondary N) is 1. The Bertz CT molecular complexity index is 737. The number of anilines is 1. The lowest BCUT2D eigenvalue weighted by molar-refractivity contribution is -0.116. The lowest BCUT2D eigenvalue weighted by atomic mass is 10.0. The highest BCUT2D eigenvalue weighted by atomic mass is 32.1. The maximum Gasteiger partial charge on any atom is 0.350 e. The van der Waals surface area contributed by atoms with E-state index in [0.29, 0.717) is 28.5 Å². The van der Waals surface area contributed by atoms with Gasteiger partial charge in [0.05, 0.1) is 12.8 Å². The summed E-state index contributed by atoms with van der Waals surface area (Å²) in [5.74, 6) is -0.550. The number of thiazole rings is 1. The van der Waals surface area contributed by atoms with Gasteiger partial charge in [0.25, 0.3) is 0 Å². The van der Waals surface area contributed by atoms with Gasteiger partial charge in [-0.15, -0.1) is 0 Å². The molecule has 6 heteroatoms. The van der Waals surface area contributed by atoms with E-state index in [9.17, 15) is 9.59 Å². The van der Waals surface area contributed by atoms with Crippen LogP contribution in [0.4, 0.5) is 5.13 Å². The van der Waals surface area contributed by atoms with Crippen molar-refractivity contribution in [3.8, 4) is 0 Å². The molecule has 0 radical (unpaired) electrons. The Morgan fingerprint density at radius 1 is 1.26 bits per heavy atom. The van der Waals surface area contributed by atoms with E-state index >= 15 is 0 Å². The van der Waals surface area contributed by atoms with E-state index < -0.39 is 5.97 Å². The first-order valence-electron chi connectivity index (χ1n) is 7.32. The molecule has 122 valence electrons. The fourth-order valence-electron chi connectivity index (χ4n) is 2.29. The molecule has 1 N–H and O–H groups in total. The summed E-state index contributed by atoms with van der Waals surface area (Å²) in [4.78, 5) is 28.2. The Balaban J connectivity index is 1.96. The number of methoxy groups -OCH3 is 1. The van der Waals surface area contributed by atoms with Crippen LogP contribution in [0.3, 0.4) is 0 Å². The molecule has 2 aromatic rings. The predicted octanol–water partition coefficient (Wildman–Crippen LogP) is 3.43. The molecule has 0 saturated carbocycles. The number of carbonyl (C=O) groups excluding carboxylic acids is 2. The van der Waals surface area contributed by atoms with Crippen molar-refractivity contribution in [1.29, 1.82) is 0 Å². The van der Waals surface area contributed by atoms with Gasteiger partial charge in [-0.2, -0.15) is 0 Å². The van der Waals surface area contributed by atoms with Crippen LogP contribution in [-0.2, 0) is 16.0 Å². The third kappa shape index (κ3) is 4.39. The molecular formula is C17H20N2O3S. The highest BCUT2D eigenvalue weighted by Crippen LogP contribution is 2.23. The average Bonchev–Trinajstić information content (AvgIpc) is 2.86. The van der Waals surface area contributed by atoms with E-state index in [1.807, 2.05) is 19.9 Å². The molecule has 1 heterocycles. The Kier molecular flexibility index (Phi) is 5.50. The monoisotopic (exact) mass is 332 g/mol. The maximum absolute atomic E-state index is 12.1. The Morgan fingerprint density at radius 3 is 2.65 bits per heavy atom. The van der Waals surface area contributed by atoms with Crippen LogP contribution in [0.1, 0.15) is 38.5 Å². The standard InChI is InChI=1S/C17H20N2O3S/c1-10-5-6-13(11(2)9-10)7-8-14(20)19-17-18-12(3)15(23-17)16(21)22-4/h5-6,9H,7-8H2,1-4H3,(H,18,19,20). The number of hydrogen-bond donors (Lipinski definition) is 1. The minimum atomic E-state index is -0.434. The second-order valence-electron chi connectivity index (χ2n) is 5.40. The summed E-state index contributed by atoms with van der Waals surface area (Å²) in [6.45, 7) is 5.81. The molecule has 0 fully saturated rings. The van der Waals surface area contributed by atoms with E-state index in [-0.39, 0.29) is 5.91 Å². The van der Waals surface area contributed by atoms with Gasteiger partial charge in [-0.1, -0.05) is 35.1 Å². The SMILES string of the molecule is COC(=O)c1sc(NC(=O)CCc2ccc(C)cc2C)nc1C. The molecule has 23 heavy (non-hydrogen) atoms. The molecule has 0 saturated heterocycles. The number of rotatable bonds is 5. The summed E-state index contributed by atoms with van der Waals surface area (Å²) >= 11 is 1.13. The lowest BCUT2D eigenvalue weighted by Gasteiger charge is -2.06. The van der Waals surface area contributed by atoms with E-state index in [0.717, 1.165) is 16.9 Å². The first kappa shape index (κ1) is 17.1. The van der Waals surface area contributed by atoms with Gasteiger partial charge in [0.1, 0.15) is 4.88 Å². The molecule has 0 bridgehead atoms. The second-order valence-corrected chi connectivity index (χ2v) is 6.40. The predicted molar refractivity (Wildman–Crippen MR) is 91.1 cm³/mol. The van der Waals surface area contributed by atoms with Gasteiger partial charge in [-0.05, 0) is 38.3 Å². The minimum absolute atomic E-state index is 0.116. The summed E-state index contributed by atoms with van der Waals surface area (Å²) in [6.07, 6.45) is 1.04. The average molecular weight is 332 g/mol. The number of benzene rings is 1. The molecule has 5 nitrogen and oxygen atoms in total. The molecule has 1 aromatic carbocycles. The summed E-state index contributed by atoms with van der Waals surface area (Å²) in [7, 11) is 1.32. The van der Waals surface area contributed by atoms with E-state index in [4.69, 9.17) is 0 Å². The Hall–Kier alpha value is -2.21. The quantitative estimate of drug-likeness (QED) is 0.852. The number of hydrogen-bond acceptors (Lipinski definition) is 5. The van der Waals surface area contributed by atoms with Gasteiger partial charge in [0.2, 0.25) is 5.91 Å². The van der Waals surface area contributed by atoms with Crippen LogP contribution in [0.15, 0.2) is 18.2 Å². The zero-order chi connectivity index (χ0) is 17.0. The van der Waals surface area contributed by atoms with Crippen LogP contribution in [0.25, 0.3) is 0 Å². The summed E-state index contributed by atoms with van der Waals surface area (Å²) in [5.41, 5.74) is 4.13. The molecule has 0 aliphatic heterocycles. The number of amides is 1. The van der Waals surface area contributed by atoms with Crippen LogP contribution >= 0.6 is 11.3 Å². The molecular weight excluding hydrogens is 312 g/mol. The maximum atomic E-state index is 12.1. The van der Waals surface area contributed by atoms with Crippen LogP contribution in [-0.4, -0.2) is 24.0 Å². The molecule has 0 aliphatic carbocycles. The van der Waals surface area contributed by atoms with E-state index in [1.54, 1.807) is 6.92 Å². The number of nitrogens with zero attached hydrogens (tertiary/aromatic N) is 1. The van der Waals surface area contributed by atoms with Crippen molar-refractivity contribution in [2.24, 2.45) is 0 Å². The van der Waals surface area contributed by atoms with E-state index in [1.165, 1.54) is 18.2 Å². The summed E-state index contributed by atoms with van der Waals surface area (Å²) < 4.78 is 4.68. The van der Waals surface area contributed by atoms with E-state index in [2.05, 4.69) is 27.2 Å². The first-order valence-corrected chi connectivity index (χ1v) is 8.14. The Morgan fingerprint density at radius 2 is 2.00 bits per heavy atom. The van der Waals surface area contributed by atoms with Crippen molar-refractivity contribution in [1.82, 2.24) is 4.98 Å². The van der Waals surface area contributed by atoms with Crippen LogP contribution in [0.2, 0.25) is 0 Å².